The molecule has 4 aromatic rings. The summed E-state index contributed by atoms with van der Waals surface area (Å²) in [6.45, 7) is 2.18. The molecule has 1 amide bonds. The smallest absolute Gasteiger partial charge is 0.258 e. The lowest BCUT2D eigenvalue weighted by molar-refractivity contribution is -0.123. The number of amides is 1. The Kier molecular flexibility index (Phi) is 5.72. The maximum atomic E-state index is 12.2. The van der Waals surface area contributed by atoms with Crippen molar-refractivity contribution in [2.75, 3.05) is 6.61 Å². The Morgan fingerprint density at radius 1 is 1.07 bits per heavy atom. The van der Waals surface area contributed by atoms with Crippen LogP contribution in [0.2, 0.25) is 0 Å². The average molecular weight is 404 g/mol. The van der Waals surface area contributed by atoms with Gasteiger partial charge in [-0.25, -0.2) is 4.98 Å². The Hall–Kier alpha value is -3.38. The van der Waals surface area contributed by atoms with Crippen LogP contribution in [0.5, 0.6) is 5.75 Å². The number of aromatic nitrogens is 1. The van der Waals surface area contributed by atoms with E-state index < -0.39 is 0 Å². The number of ether oxygens (including phenoxy) is 1. The second kappa shape index (κ2) is 8.75. The minimum atomic E-state index is -0.213. The molecule has 146 valence electrons. The molecule has 1 N–H and O–H groups in total. The Balaban J connectivity index is 1.33. The monoisotopic (exact) mass is 404 g/mol. The zero-order chi connectivity index (χ0) is 20.1. The first kappa shape index (κ1) is 19.0. The highest BCUT2D eigenvalue weighted by atomic mass is 32.1. The van der Waals surface area contributed by atoms with E-state index >= 15 is 0 Å². The lowest BCUT2D eigenvalue weighted by Gasteiger charge is -2.11. The van der Waals surface area contributed by atoms with Crippen molar-refractivity contribution >= 4 is 17.2 Å². The van der Waals surface area contributed by atoms with Gasteiger partial charge in [0.25, 0.3) is 5.91 Å². The molecular formula is C23H20N2O3S. The Morgan fingerprint density at radius 2 is 1.86 bits per heavy atom. The quantitative estimate of drug-likeness (QED) is 0.467. The molecule has 4 rings (SSSR count). The normalized spacial score (nSPS) is 10.7. The Labute approximate surface area is 173 Å². The number of carbonyl (C=O) groups excluding carboxylic acids is 1. The van der Waals surface area contributed by atoms with E-state index in [1.165, 1.54) is 0 Å². The number of carbonyl (C=O) groups is 1. The highest BCUT2D eigenvalue weighted by Gasteiger charge is 2.11. The SMILES string of the molecule is Cc1nc(-c2ccc(CNC(=O)COc3ccccc3-c3ccccc3)o2)cs1. The van der Waals surface area contributed by atoms with Crippen molar-refractivity contribution in [2.24, 2.45) is 0 Å². The summed E-state index contributed by atoms with van der Waals surface area (Å²) < 4.78 is 11.5. The van der Waals surface area contributed by atoms with Crippen molar-refractivity contribution in [1.29, 1.82) is 0 Å². The fraction of sp³-hybridized carbons (Fsp3) is 0.130. The first-order valence-electron chi connectivity index (χ1n) is 9.24. The van der Waals surface area contributed by atoms with E-state index in [0.717, 1.165) is 21.8 Å². The molecule has 0 aliphatic rings. The van der Waals surface area contributed by atoms with Crippen LogP contribution >= 0.6 is 11.3 Å². The van der Waals surface area contributed by atoms with Gasteiger partial charge in [0.15, 0.2) is 12.4 Å². The number of benzene rings is 2. The summed E-state index contributed by atoms with van der Waals surface area (Å²) >= 11 is 1.57. The number of aryl methyl sites for hydroxylation is 1. The maximum absolute atomic E-state index is 12.2. The molecule has 0 saturated heterocycles. The molecule has 2 aromatic heterocycles. The van der Waals surface area contributed by atoms with Crippen LogP contribution in [0.15, 0.2) is 76.5 Å². The van der Waals surface area contributed by atoms with Crippen molar-refractivity contribution in [3.63, 3.8) is 0 Å². The van der Waals surface area contributed by atoms with Crippen LogP contribution in [0.3, 0.4) is 0 Å². The summed E-state index contributed by atoms with van der Waals surface area (Å²) in [6.07, 6.45) is 0. The van der Waals surface area contributed by atoms with Crippen LogP contribution < -0.4 is 10.1 Å². The molecule has 0 atom stereocenters. The number of thiazole rings is 1. The van der Waals surface area contributed by atoms with Gasteiger partial charge in [-0.1, -0.05) is 48.5 Å². The zero-order valence-corrected chi connectivity index (χ0v) is 16.7. The van der Waals surface area contributed by atoms with E-state index in [9.17, 15) is 4.79 Å². The van der Waals surface area contributed by atoms with Crippen LogP contribution in [0.4, 0.5) is 0 Å². The lowest BCUT2D eigenvalue weighted by Crippen LogP contribution is -2.28. The van der Waals surface area contributed by atoms with Crippen LogP contribution in [0, 0.1) is 6.92 Å². The molecule has 0 saturated carbocycles. The third-order valence-corrected chi connectivity index (χ3v) is 5.10. The zero-order valence-electron chi connectivity index (χ0n) is 15.9. The van der Waals surface area contributed by atoms with Gasteiger partial charge in [0.2, 0.25) is 0 Å². The molecule has 0 aliphatic carbocycles. The van der Waals surface area contributed by atoms with E-state index in [2.05, 4.69) is 10.3 Å². The number of rotatable bonds is 7. The largest absolute Gasteiger partial charge is 0.483 e. The minimum Gasteiger partial charge on any atom is -0.483 e. The van der Waals surface area contributed by atoms with Crippen molar-refractivity contribution in [2.45, 2.75) is 13.5 Å². The standard InChI is InChI=1S/C23H20N2O3S/c1-16-25-20(15-29-16)22-12-11-18(28-22)13-24-23(26)14-27-21-10-6-5-9-19(21)17-7-3-2-4-8-17/h2-12,15H,13-14H2,1H3,(H,24,26). The summed E-state index contributed by atoms with van der Waals surface area (Å²) in [5, 5.41) is 5.76. The topological polar surface area (TPSA) is 64.4 Å². The molecule has 2 heterocycles. The van der Waals surface area contributed by atoms with Crippen LogP contribution in [-0.4, -0.2) is 17.5 Å². The van der Waals surface area contributed by atoms with Gasteiger partial charge in [-0.2, -0.15) is 0 Å². The number of nitrogens with zero attached hydrogens (tertiary/aromatic N) is 1. The van der Waals surface area contributed by atoms with Crippen LogP contribution in [0.1, 0.15) is 10.8 Å². The van der Waals surface area contributed by atoms with E-state index in [4.69, 9.17) is 9.15 Å². The van der Waals surface area contributed by atoms with E-state index in [0.29, 0.717) is 23.8 Å². The van der Waals surface area contributed by atoms with Gasteiger partial charge < -0.3 is 14.5 Å². The fourth-order valence-corrected chi connectivity index (χ4v) is 3.52. The summed E-state index contributed by atoms with van der Waals surface area (Å²) in [4.78, 5) is 16.6. The minimum absolute atomic E-state index is 0.0668. The second-order valence-corrected chi connectivity index (χ2v) is 7.51. The van der Waals surface area contributed by atoms with Gasteiger partial charge in [0, 0.05) is 10.9 Å². The predicted molar refractivity (Wildman–Crippen MR) is 114 cm³/mol. The maximum Gasteiger partial charge on any atom is 0.258 e. The number of furan rings is 1. The van der Waals surface area contributed by atoms with E-state index in [-0.39, 0.29) is 12.5 Å². The lowest BCUT2D eigenvalue weighted by atomic mass is 10.1. The number of hydrogen-bond acceptors (Lipinski definition) is 5. The Bertz CT molecular complexity index is 1100. The van der Waals surface area contributed by atoms with Crippen LogP contribution in [0.25, 0.3) is 22.6 Å². The van der Waals surface area contributed by atoms with Gasteiger partial charge in [-0.15, -0.1) is 11.3 Å². The summed E-state index contributed by atoms with van der Waals surface area (Å²) in [7, 11) is 0. The van der Waals surface area contributed by atoms with Gasteiger partial charge in [-0.3, -0.25) is 4.79 Å². The van der Waals surface area contributed by atoms with Gasteiger partial charge in [-0.05, 0) is 30.7 Å². The molecule has 5 nitrogen and oxygen atoms in total. The Morgan fingerprint density at radius 3 is 2.66 bits per heavy atom. The predicted octanol–water partition coefficient (Wildman–Crippen LogP) is 5.07. The molecule has 0 aliphatic heterocycles. The number of nitrogens with one attached hydrogen (secondary N) is 1. The third-order valence-electron chi connectivity index (χ3n) is 4.32. The van der Waals surface area contributed by atoms with Crippen molar-refractivity contribution in [3.8, 4) is 28.3 Å². The molecular weight excluding hydrogens is 384 g/mol. The first-order valence-corrected chi connectivity index (χ1v) is 10.1. The molecule has 0 bridgehead atoms. The van der Waals surface area contributed by atoms with Gasteiger partial charge in [0.05, 0.1) is 11.6 Å². The average Bonchev–Trinajstić information content (AvgIpc) is 3.40. The molecule has 6 heteroatoms. The number of hydrogen-bond donors (Lipinski definition) is 1. The van der Waals surface area contributed by atoms with Crippen molar-refractivity contribution < 1.29 is 13.9 Å². The van der Waals surface area contributed by atoms with Crippen LogP contribution in [-0.2, 0) is 11.3 Å². The fourth-order valence-electron chi connectivity index (χ4n) is 2.92. The molecule has 29 heavy (non-hydrogen) atoms. The molecule has 2 aromatic carbocycles. The van der Waals surface area contributed by atoms with E-state index in [1.54, 1.807) is 11.3 Å². The summed E-state index contributed by atoms with van der Waals surface area (Å²) in [5.74, 6) is 1.83. The van der Waals surface area contributed by atoms with E-state index in [1.807, 2.05) is 79.0 Å². The second-order valence-electron chi connectivity index (χ2n) is 6.45. The van der Waals surface area contributed by atoms with Crippen molar-refractivity contribution in [3.05, 3.63) is 82.9 Å². The first-order chi connectivity index (χ1) is 14.2. The molecule has 0 fully saturated rings. The molecule has 0 spiro atoms. The van der Waals surface area contributed by atoms with Crippen molar-refractivity contribution in [1.82, 2.24) is 10.3 Å². The summed E-state index contributed by atoms with van der Waals surface area (Å²) in [6, 6.07) is 21.3. The highest BCUT2D eigenvalue weighted by molar-refractivity contribution is 7.09. The molecule has 0 radical (unpaired) electrons. The highest BCUT2D eigenvalue weighted by Crippen LogP contribution is 2.29. The van der Waals surface area contributed by atoms with Gasteiger partial charge >= 0.3 is 0 Å². The van der Waals surface area contributed by atoms with Gasteiger partial charge in [0.1, 0.15) is 17.2 Å². The molecule has 0 unspecified atom stereocenters. The number of para-hydroxylation sites is 1. The third kappa shape index (κ3) is 4.73. The summed E-state index contributed by atoms with van der Waals surface area (Å²) in [5.41, 5.74) is 2.81.